The third kappa shape index (κ3) is 6.51. The molecule has 0 amide bonds. The third-order valence-electron chi connectivity index (χ3n) is 5.88. The first kappa shape index (κ1) is 21.7. The molecule has 7 heteroatoms. The van der Waals surface area contributed by atoms with E-state index in [4.69, 9.17) is 4.99 Å². The molecule has 0 saturated carbocycles. The number of nitrogens with one attached hydrogen (secondary N) is 1. The molecule has 0 atom stereocenters. The van der Waals surface area contributed by atoms with Gasteiger partial charge in [-0.2, -0.15) is 0 Å². The number of para-hydroxylation sites is 2. The van der Waals surface area contributed by atoms with Gasteiger partial charge >= 0.3 is 0 Å². The highest BCUT2D eigenvalue weighted by atomic mass is 16.3. The molecule has 0 bridgehead atoms. The molecule has 2 aliphatic heterocycles. The predicted molar refractivity (Wildman–Crippen MR) is 121 cm³/mol. The minimum atomic E-state index is 0.363. The number of anilines is 1. The summed E-state index contributed by atoms with van der Waals surface area (Å²) in [5, 5.41) is 13.6. The van der Waals surface area contributed by atoms with Gasteiger partial charge in [-0.15, -0.1) is 0 Å². The van der Waals surface area contributed by atoms with E-state index >= 15 is 0 Å². The van der Waals surface area contributed by atoms with Gasteiger partial charge in [-0.05, 0) is 45.5 Å². The summed E-state index contributed by atoms with van der Waals surface area (Å²) in [6.45, 7) is 13.5. The molecule has 2 aliphatic rings. The maximum absolute atomic E-state index is 10.1. The summed E-state index contributed by atoms with van der Waals surface area (Å²) in [5.41, 5.74) is 0.929. The van der Waals surface area contributed by atoms with Crippen molar-refractivity contribution >= 4 is 11.6 Å². The van der Waals surface area contributed by atoms with Crippen molar-refractivity contribution in [1.29, 1.82) is 0 Å². The minimum absolute atomic E-state index is 0.363. The molecule has 1 aromatic rings. The van der Waals surface area contributed by atoms with Crippen LogP contribution in [0, 0.1) is 0 Å². The average Bonchev–Trinajstić information content (AvgIpc) is 2.75. The number of phenols is 1. The van der Waals surface area contributed by atoms with Crippen molar-refractivity contribution < 1.29 is 5.11 Å². The SMILES string of the molecule is CCNC(=NCCCCN1CCN(C)CC1)N1CCN(c2ccccc2O)CC1. The van der Waals surface area contributed by atoms with E-state index in [1.165, 1.54) is 39.1 Å². The lowest BCUT2D eigenvalue weighted by Crippen LogP contribution is -2.52. The smallest absolute Gasteiger partial charge is 0.194 e. The highest BCUT2D eigenvalue weighted by molar-refractivity contribution is 5.80. The van der Waals surface area contributed by atoms with E-state index in [2.05, 4.69) is 38.9 Å². The van der Waals surface area contributed by atoms with E-state index in [9.17, 15) is 5.11 Å². The summed E-state index contributed by atoms with van der Waals surface area (Å²) in [7, 11) is 2.21. The fourth-order valence-corrected chi connectivity index (χ4v) is 4.02. The lowest BCUT2D eigenvalue weighted by molar-refractivity contribution is 0.152. The van der Waals surface area contributed by atoms with Gasteiger partial charge in [0, 0.05) is 65.4 Å². The molecule has 2 N–H and O–H groups in total. The van der Waals surface area contributed by atoms with Gasteiger partial charge in [-0.25, -0.2) is 0 Å². The molecule has 2 fully saturated rings. The second-order valence-corrected chi connectivity index (χ2v) is 8.05. The number of piperazine rings is 2. The third-order valence-corrected chi connectivity index (χ3v) is 5.88. The van der Waals surface area contributed by atoms with Gasteiger partial charge in [-0.1, -0.05) is 12.1 Å². The molecule has 2 heterocycles. The second-order valence-electron chi connectivity index (χ2n) is 8.05. The number of rotatable bonds is 7. The zero-order valence-electron chi connectivity index (χ0n) is 18.2. The quantitative estimate of drug-likeness (QED) is 0.410. The van der Waals surface area contributed by atoms with Gasteiger partial charge in [0.1, 0.15) is 5.75 Å². The number of guanidine groups is 1. The maximum atomic E-state index is 10.1. The van der Waals surface area contributed by atoms with Crippen LogP contribution in [0.3, 0.4) is 0 Å². The number of aromatic hydroxyl groups is 1. The van der Waals surface area contributed by atoms with Crippen molar-refractivity contribution in [2.24, 2.45) is 4.99 Å². The summed E-state index contributed by atoms with van der Waals surface area (Å²) in [5.74, 6) is 1.39. The lowest BCUT2D eigenvalue weighted by atomic mass is 10.2. The number of aliphatic imine (C=N–C) groups is 1. The van der Waals surface area contributed by atoms with Crippen molar-refractivity contribution in [2.45, 2.75) is 19.8 Å². The molecule has 0 unspecified atom stereocenters. The van der Waals surface area contributed by atoms with E-state index in [1.807, 2.05) is 18.2 Å². The first-order chi connectivity index (χ1) is 14.2. The van der Waals surface area contributed by atoms with E-state index in [1.54, 1.807) is 6.07 Å². The Bertz CT molecular complexity index is 636. The van der Waals surface area contributed by atoms with E-state index in [0.717, 1.165) is 57.3 Å². The fourth-order valence-electron chi connectivity index (χ4n) is 4.02. The Morgan fingerprint density at radius 3 is 2.41 bits per heavy atom. The van der Waals surface area contributed by atoms with Crippen LogP contribution in [0.2, 0.25) is 0 Å². The van der Waals surface area contributed by atoms with Gasteiger partial charge in [-0.3, -0.25) is 4.99 Å². The molecule has 3 rings (SSSR count). The average molecular weight is 403 g/mol. The van der Waals surface area contributed by atoms with Crippen molar-refractivity contribution in [3.63, 3.8) is 0 Å². The Morgan fingerprint density at radius 2 is 1.72 bits per heavy atom. The fraction of sp³-hybridized carbons (Fsp3) is 0.682. The van der Waals surface area contributed by atoms with Crippen LogP contribution in [-0.2, 0) is 0 Å². The molecule has 0 aromatic heterocycles. The first-order valence-electron chi connectivity index (χ1n) is 11.1. The number of phenolic OH excluding ortho intramolecular Hbond substituents is 1. The number of nitrogens with zero attached hydrogens (tertiary/aromatic N) is 5. The molecular weight excluding hydrogens is 364 g/mol. The van der Waals surface area contributed by atoms with E-state index in [-0.39, 0.29) is 0 Å². The van der Waals surface area contributed by atoms with E-state index < -0.39 is 0 Å². The lowest BCUT2D eigenvalue weighted by Gasteiger charge is -2.37. The van der Waals surface area contributed by atoms with Crippen LogP contribution in [0.5, 0.6) is 5.75 Å². The minimum Gasteiger partial charge on any atom is -0.506 e. The van der Waals surface area contributed by atoms with Crippen LogP contribution < -0.4 is 10.2 Å². The summed E-state index contributed by atoms with van der Waals surface area (Å²) >= 11 is 0. The first-order valence-corrected chi connectivity index (χ1v) is 11.1. The summed E-state index contributed by atoms with van der Waals surface area (Å²) in [6.07, 6.45) is 2.35. The number of benzene rings is 1. The molecule has 2 saturated heterocycles. The van der Waals surface area contributed by atoms with Crippen molar-refractivity contribution in [1.82, 2.24) is 20.0 Å². The Labute approximate surface area is 176 Å². The molecule has 0 spiro atoms. The highest BCUT2D eigenvalue weighted by Crippen LogP contribution is 2.27. The van der Waals surface area contributed by atoms with Gasteiger partial charge < -0.3 is 30.0 Å². The number of unbranched alkanes of at least 4 members (excludes halogenated alkanes) is 1. The summed E-state index contributed by atoms with van der Waals surface area (Å²) < 4.78 is 0. The number of likely N-dealkylation sites (N-methyl/N-ethyl adjacent to an activating group) is 1. The number of hydrogen-bond acceptors (Lipinski definition) is 5. The number of hydrogen-bond donors (Lipinski definition) is 2. The zero-order valence-corrected chi connectivity index (χ0v) is 18.2. The van der Waals surface area contributed by atoms with Gasteiger partial charge in [0.2, 0.25) is 0 Å². The Kier molecular flexibility index (Phi) is 8.43. The molecule has 0 aliphatic carbocycles. The zero-order chi connectivity index (χ0) is 20.5. The van der Waals surface area contributed by atoms with Crippen LogP contribution in [-0.4, -0.2) is 105 Å². The summed E-state index contributed by atoms with van der Waals surface area (Å²) in [6, 6.07) is 7.60. The highest BCUT2D eigenvalue weighted by Gasteiger charge is 2.21. The Balaban J connectivity index is 1.41. The normalized spacial score (nSPS) is 19.6. The van der Waals surface area contributed by atoms with Gasteiger partial charge in [0.05, 0.1) is 5.69 Å². The topological polar surface area (TPSA) is 57.6 Å². The Morgan fingerprint density at radius 1 is 1.00 bits per heavy atom. The van der Waals surface area contributed by atoms with Gasteiger partial charge in [0.15, 0.2) is 5.96 Å². The predicted octanol–water partition coefficient (Wildman–Crippen LogP) is 1.51. The second kappa shape index (κ2) is 11.3. The van der Waals surface area contributed by atoms with Crippen molar-refractivity contribution in [2.75, 3.05) is 83.9 Å². The van der Waals surface area contributed by atoms with Crippen molar-refractivity contribution in [3.8, 4) is 5.75 Å². The Hall–Kier alpha value is -1.99. The summed E-state index contributed by atoms with van der Waals surface area (Å²) in [4.78, 5) is 14.5. The molecule has 29 heavy (non-hydrogen) atoms. The molecule has 0 radical (unpaired) electrons. The molecule has 1 aromatic carbocycles. The van der Waals surface area contributed by atoms with Crippen LogP contribution in [0.25, 0.3) is 0 Å². The monoisotopic (exact) mass is 402 g/mol. The van der Waals surface area contributed by atoms with Crippen LogP contribution >= 0.6 is 0 Å². The molecule has 162 valence electrons. The largest absolute Gasteiger partial charge is 0.506 e. The van der Waals surface area contributed by atoms with Crippen LogP contribution in [0.15, 0.2) is 29.3 Å². The van der Waals surface area contributed by atoms with Gasteiger partial charge in [0.25, 0.3) is 0 Å². The van der Waals surface area contributed by atoms with E-state index in [0.29, 0.717) is 5.75 Å². The standard InChI is InChI=1S/C22H38N6O/c1-3-23-22(24-10-6-7-11-26-14-12-25(2)13-15-26)28-18-16-27(17-19-28)20-8-4-5-9-21(20)29/h4-5,8-9,29H,3,6-7,10-19H2,1-2H3,(H,23,24). The van der Waals surface area contributed by atoms with Crippen LogP contribution in [0.1, 0.15) is 19.8 Å². The van der Waals surface area contributed by atoms with Crippen LogP contribution in [0.4, 0.5) is 5.69 Å². The molecule has 7 nitrogen and oxygen atoms in total. The van der Waals surface area contributed by atoms with Crippen molar-refractivity contribution in [3.05, 3.63) is 24.3 Å². The maximum Gasteiger partial charge on any atom is 0.194 e. The molecular formula is C22H38N6O.